The van der Waals surface area contributed by atoms with Crippen molar-refractivity contribution in [1.82, 2.24) is 24.4 Å². The van der Waals surface area contributed by atoms with Crippen LogP contribution in [0.1, 0.15) is 16.8 Å². The second-order valence-electron chi connectivity index (χ2n) is 6.84. The summed E-state index contributed by atoms with van der Waals surface area (Å²) in [5.41, 5.74) is 4.61. The Hall–Kier alpha value is -2.87. The maximum absolute atomic E-state index is 5.24. The van der Waals surface area contributed by atoms with E-state index < -0.39 is 0 Å². The summed E-state index contributed by atoms with van der Waals surface area (Å²) in [7, 11) is 1.68. The lowest BCUT2D eigenvalue weighted by Gasteiger charge is -2.28. The highest BCUT2D eigenvalue weighted by Gasteiger charge is 2.22. The fraction of sp³-hybridized carbons (Fsp3) is 0.250. The number of hydrogen-bond donors (Lipinski definition) is 0. The van der Waals surface area contributed by atoms with Crippen LogP contribution in [0.2, 0.25) is 0 Å². The topological polar surface area (TPSA) is 60.5 Å². The van der Waals surface area contributed by atoms with Crippen LogP contribution in [0.5, 0.6) is 5.75 Å². The van der Waals surface area contributed by atoms with Crippen molar-refractivity contribution < 1.29 is 4.74 Å². The van der Waals surface area contributed by atoms with Crippen LogP contribution in [0, 0.1) is 0 Å². The van der Waals surface area contributed by atoms with Gasteiger partial charge in [0.1, 0.15) is 11.6 Å². The number of anilines is 1. The Kier molecular flexibility index (Phi) is 4.27. The van der Waals surface area contributed by atoms with Gasteiger partial charge in [-0.2, -0.15) is 10.2 Å². The number of hydrogen-bond acceptors (Lipinski definition) is 5. The lowest BCUT2D eigenvalue weighted by atomic mass is 10.1. The molecule has 1 aliphatic heterocycles. The minimum absolute atomic E-state index is 0.770. The van der Waals surface area contributed by atoms with E-state index in [0.717, 1.165) is 47.7 Å². The molecular formula is C20H19BrN6O. The molecule has 7 nitrogen and oxygen atoms in total. The van der Waals surface area contributed by atoms with Crippen LogP contribution in [0.25, 0.3) is 5.65 Å². The van der Waals surface area contributed by atoms with Gasteiger partial charge in [-0.25, -0.2) is 9.50 Å². The maximum atomic E-state index is 5.24. The van der Waals surface area contributed by atoms with Crippen LogP contribution in [0.15, 0.2) is 53.4 Å². The Bertz CT molecular complexity index is 1130. The molecule has 0 amide bonds. The van der Waals surface area contributed by atoms with Crippen molar-refractivity contribution in [3.05, 3.63) is 70.2 Å². The van der Waals surface area contributed by atoms with Crippen LogP contribution in [-0.2, 0) is 19.5 Å². The van der Waals surface area contributed by atoms with E-state index in [0.29, 0.717) is 0 Å². The van der Waals surface area contributed by atoms with Gasteiger partial charge in [-0.15, -0.1) is 0 Å². The van der Waals surface area contributed by atoms with Gasteiger partial charge >= 0.3 is 0 Å². The van der Waals surface area contributed by atoms with Gasteiger partial charge < -0.3 is 9.64 Å². The summed E-state index contributed by atoms with van der Waals surface area (Å²) in [4.78, 5) is 7.06. The average Bonchev–Trinajstić information content (AvgIpc) is 3.31. The fourth-order valence-electron chi connectivity index (χ4n) is 3.64. The zero-order chi connectivity index (χ0) is 19.1. The minimum atomic E-state index is 0.770. The summed E-state index contributed by atoms with van der Waals surface area (Å²) in [6.45, 7) is 2.50. The third-order valence-electron chi connectivity index (χ3n) is 5.14. The molecule has 0 N–H and O–H groups in total. The Labute approximate surface area is 170 Å². The van der Waals surface area contributed by atoms with Gasteiger partial charge in [-0.3, -0.25) is 4.68 Å². The number of benzene rings is 1. The van der Waals surface area contributed by atoms with Crippen molar-refractivity contribution in [2.45, 2.75) is 19.5 Å². The molecule has 0 atom stereocenters. The molecule has 0 saturated heterocycles. The summed E-state index contributed by atoms with van der Waals surface area (Å²) in [6.07, 6.45) is 6.64. The number of fused-ring (bicyclic) bond motifs is 2. The molecule has 0 fully saturated rings. The second kappa shape index (κ2) is 6.94. The number of halogens is 1. The van der Waals surface area contributed by atoms with Crippen molar-refractivity contribution in [2.75, 3.05) is 18.6 Å². The summed E-state index contributed by atoms with van der Waals surface area (Å²) < 4.78 is 10.0. The first-order valence-electron chi connectivity index (χ1n) is 9.12. The molecule has 28 heavy (non-hydrogen) atoms. The van der Waals surface area contributed by atoms with E-state index in [1.807, 2.05) is 30.6 Å². The first-order valence-corrected chi connectivity index (χ1v) is 9.92. The van der Waals surface area contributed by atoms with E-state index in [1.54, 1.807) is 17.8 Å². The van der Waals surface area contributed by atoms with Crippen molar-refractivity contribution in [2.24, 2.45) is 0 Å². The molecule has 0 unspecified atom stereocenters. The van der Waals surface area contributed by atoms with Crippen LogP contribution in [0.4, 0.5) is 5.82 Å². The van der Waals surface area contributed by atoms with Gasteiger partial charge in [0.2, 0.25) is 0 Å². The molecule has 0 bridgehead atoms. The molecule has 0 spiro atoms. The number of methoxy groups -OCH3 is 1. The molecule has 1 aromatic carbocycles. The van der Waals surface area contributed by atoms with E-state index in [2.05, 4.69) is 47.8 Å². The Morgan fingerprint density at radius 3 is 2.79 bits per heavy atom. The van der Waals surface area contributed by atoms with Gasteiger partial charge in [-0.05, 0) is 39.7 Å². The molecule has 5 rings (SSSR count). The Morgan fingerprint density at radius 1 is 1.11 bits per heavy atom. The number of rotatable bonds is 4. The molecule has 3 aromatic heterocycles. The molecule has 8 heteroatoms. The highest BCUT2D eigenvalue weighted by Crippen LogP contribution is 2.25. The third kappa shape index (κ3) is 3.03. The number of ether oxygens (including phenoxy) is 1. The molecule has 1 aliphatic rings. The standard InChI is InChI=1S/C20H19BrN6O/c1-28-16-4-2-14(3-5-16)12-27-18-6-8-25(13-15(18)10-22-27)19-7-9-26-20(24-19)17(21)11-23-26/h2-5,7,9-11H,6,8,12-13H2,1H3. The second-order valence-corrected chi connectivity index (χ2v) is 7.69. The molecule has 0 saturated carbocycles. The highest BCUT2D eigenvalue weighted by molar-refractivity contribution is 9.10. The third-order valence-corrected chi connectivity index (χ3v) is 5.70. The summed E-state index contributed by atoms with van der Waals surface area (Å²) >= 11 is 3.51. The van der Waals surface area contributed by atoms with Gasteiger partial charge in [-0.1, -0.05) is 12.1 Å². The van der Waals surface area contributed by atoms with Crippen LogP contribution in [-0.4, -0.2) is 38.0 Å². The van der Waals surface area contributed by atoms with E-state index in [4.69, 9.17) is 9.72 Å². The Morgan fingerprint density at radius 2 is 1.96 bits per heavy atom. The van der Waals surface area contributed by atoms with E-state index in [-0.39, 0.29) is 0 Å². The van der Waals surface area contributed by atoms with Gasteiger partial charge in [0.25, 0.3) is 0 Å². The summed E-state index contributed by atoms with van der Waals surface area (Å²) in [6, 6.07) is 10.2. The fourth-order valence-corrected chi connectivity index (χ4v) is 4.00. The molecule has 4 aromatic rings. The predicted molar refractivity (Wildman–Crippen MR) is 110 cm³/mol. The van der Waals surface area contributed by atoms with E-state index in [9.17, 15) is 0 Å². The average molecular weight is 439 g/mol. The van der Waals surface area contributed by atoms with Crippen LogP contribution >= 0.6 is 15.9 Å². The SMILES string of the molecule is COc1ccc(Cn2ncc3c2CCN(c2ccn4ncc(Br)c4n2)C3)cc1. The largest absolute Gasteiger partial charge is 0.497 e. The zero-order valence-electron chi connectivity index (χ0n) is 15.4. The molecular weight excluding hydrogens is 420 g/mol. The van der Waals surface area contributed by atoms with Crippen LogP contribution in [0.3, 0.4) is 0 Å². The first-order chi connectivity index (χ1) is 13.7. The predicted octanol–water partition coefficient (Wildman–Crippen LogP) is 3.31. The molecule has 0 aliphatic carbocycles. The highest BCUT2D eigenvalue weighted by atomic mass is 79.9. The quantitative estimate of drug-likeness (QED) is 0.489. The van der Waals surface area contributed by atoms with Gasteiger partial charge in [0.05, 0.1) is 30.5 Å². The van der Waals surface area contributed by atoms with Crippen molar-refractivity contribution >= 4 is 27.4 Å². The Balaban J connectivity index is 1.36. The van der Waals surface area contributed by atoms with Crippen molar-refractivity contribution in [1.29, 1.82) is 0 Å². The zero-order valence-corrected chi connectivity index (χ0v) is 17.0. The van der Waals surface area contributed by atoms with Gasteiger partial charge in [0, 0.05) is 37.0 Å². The maximum Gasteiger partial charge on any atom is 0.171 e. The molecule has 142 valence electrons. The lowest BCUT2D eigenvalue weighted by Crippen LogP contribution is -2.31. The normalized spacial score (nSPS) is 13.7. The smallest absolute Gasteiger partial charge is 0.171 e. The number of aromatic nitrogens is 5. The monoisotopic (exact) mass is 438 g/mol. The number of nitrogens with zero attached hydrogens (tertiary/aromatic N) is 6. The molecule has 0 radical (unpaired) electrons. The van der Waals surface area contributed by atoms with Crippen molar-refractivity contribution in [3.63, 3.8) is 0 Å². The first kappa shape index (κ1) is 17.2. The van der Waals surface area contributed by atoms with Crippen molar-refractivity contribution in [3.8, 4) is 5.75 Å². The minimum Gasteiger partial charge on any atom is -0.497 e. The molecule has 4 heterocycles. The summed E-state index contributed by atoms with van der Waals surface area (Å²) in [5, 5.41) is 8.90. The van der Waals surface area contributed by atoms with E-state index >= 15 is 0 Å². The van der Waals surface area contributed by atoms with Gasteiger partial charge in [0.15, 0.2) is 5.65 Å². The summed E-state index contributed by atoms with van der Waals surface area (Å²) in [5.74, 6) is 1.83. The van der Waals surface area contributed by atoms with E-state index in [1.165, 1.54) is 16.8 Å². The lowest BCUT2D eigenvalue weighted by molar-refractivity contribution is 0.414. The van der Waals surface area contributed by atoms with Crippen LogP contribution < -0.4 is 9.64 Å².